The summed E-state index contributed by atoms with van der Waals surface area (Å²) in [5.41, 5.74) is -1.37. The number of rotatable bonds is 3. The third-order valence-electron chi connectivity index (χ3n) is 9.13. The van der Waals surface area contributed by atoms with Crippen molar-refractivity contribution >= 4 is 11.8 Å². The highest BCUT2D eigenvalue weighted by atomic mass is 16.7. The summed E-state index contributed by atoms with van der Waals surface area (Å²) >= 11 is 0. The number of carboxylic acids is 1. The molecule has 30 heavy (non-hydrogen) atoms. The summed E-state index contributed by atoms with van der Waals surface area (Å²) in [6.45, 7) is 6.15. The molecule has 164 valence electrons. The SMILES string of the molecule is CCC[C@@H]1O[C@@H]2CC3C4CCC5=CC(=O)C=CC5(C)C4C(O)CC3(C)[C@]2(C(=O)O)O1. The van der Waals surface area contributed by atoms with Gasteiger partial charge in [-0.25, -0.2) is 4.79 Å². The number of allylic oxidation sites excluding steroid dienone is 4. The number of carboxylic acid groups (broad SMARTS) is 1. The second-order valence-corrected chi connectivity index (χ2v) is 10.4. The van der Waals surface area contributed by atoms with E-state index >= 15 is 0 Å². The van der Waals surface area contributed by atoms with Gasteiger partial charge in [-0.15, -0.1) is 0 Å². The molecule has 1 aliphatic heterocycles. The molecular weight excluding hydrogens is 384 g/mol. The first-order valence-corrected chi connectivity index (χ1v) is 11.4. The molecule has 6 unspecified atom stereocenters. The molecule has 6 nitrogen and oxygen atoms in total. The van der Waals surface area contributed by atoms with E-state index in [4.69, 9.17) is 9.47 Å². The molecule has 0 aromatic rings. The largest absolute Gasteiger partial charge is 0.479 e. The maximum Gasteiger partial charge on any atom is 0.339 e. The fourth-order valence-corrected chi connectivity index (χ4v) is 7.87. The first-order valence-electron chi connectivity index (χ1n) is 11.4. The third-order valence-corrected chi connectivity index (χ3v) is 9.13. The molecular formula is C24H32O6. The van der Waals surface area contributed by atoms with Gasteiger partial charge in [-0.2, -0.15) is 0 Å². The fourth-order valence-electron chi connectivity index (χ4n) is 7.87. The lowest BCUT2D eigenvalue weighted by atomic mass is 9.46. The highest BCUT2D eigenvalue weighted by Gasteiger charge is 2.76. The molecule has 0 aromatic heterocycles. The number of fused-ring (bicyclic) bond motifs is 7. The number of carbonyl (C=O) groups excluding carboxylic acids is 1. The van der Waals surface area contributed by atoms with Crippen molar-refractivity contribution in [2.75, 3.05) is 0 Å². The molecule has 5 rings (SSSR count). The van der Waals surface area contributed by atoms with Crippen LogP contribution in [0.2, 0.25) is 0 Å². The van der Waals surface area contributed by atoms with Crippen LogP contribution in [0.3, 0.4) is 0 Å². The van der Waals surface area contributed by atoms with Crippen LogP contribution >= 0.6 is 0 Å². The lowest BCUT2D eigenvalue weighted by Gasteiger charge is -2.59. The van der Waals surface area contributed by atoms with E-state index in [1.54, 1.807) is 12.2 Å². The first-order chi connectivity index (χ1) is 14.2. The van der Waals surface area contributed by atoms with Crippen LogP contribution in [0.1, 0.15) is 59.3 Å². The Morgan fingerprint density at radius 1 is 1.33 bits per heavy atom. The van der Waals surface area contributed by atoms with Crippen LogP contribution in [-0.2, 0) is 19.1 Å². The van der Waals surface area contributed by atoms with Crippen LogP contribution < -0.4 is 0 Å². The molecule has 0 spiro atoms. The van der Waals surface area contributed by atoms with E-state index < -0.39 is 35.5 Å². The maximum atomic E-state index is 12.7. The van der Waals surface area contributed by atoms with Crippen LogP contribution in [0.25, 0.3) is 0 Å². The molecule has 0 amide bonds. The minimum Gasteiger partial charge on any atom is -0.479 e. The molecule has 0 radical (unpaired) electrons. The van der Waals surface area contributed by atoms with Crippen molar-refractivity contribution in [3.05, 3.63) is 23.8 Å². The van der Waals surface area contributed by atoms with Gasteiger partial charge in [-0.1, -0.05) is 38.8 Å². The highest BCUT2D eigenvalue weighted by molar-refractivity contribution is 6.01. The number of ketones is 1. The van der Waals surface area contributed by atoms with Crippen LogP contribution in [0, 0.1) is 28.6 Å². The number of carbonyl (C=O) groups is 2. The maximum absolute atomic E-state index is 12.7. The highest BCUT2D eigenvalue weighted by Crippen LogP contribution is 2.69. The number of hydrogen-bond acceptors (Lipinski definition) is 5. The average molecular weight is 417 g/mol. The molecule has 5 aliphatic rings. The second-order valence-electron chi connectivity index (χ2n) is 10.4. The summed E-state index contributed by atoms with van der Waals surface area (Å²) in [5, 5.41) is 21.8. The van der Waals surface area contributed by atoms with Crippen LogP contribution in [0.5, 0.6) is 0 Å². The molecule has 9 atom stereocenters. The van der Waals surface area contributed by atoms with E-state index in [9.17, 15) is 19.8 Å². The number of hydrogen-bond donors (Lipinski definition) is 2. The van der Waals surface area contributed by atoms with E-state index in [1.807, 2.05) is 19.9 Å². The summed E-state index contributed by atoms with van der Waals surface area (Å²) in [5.74, 6) is -0.722. The number of ether oxygens (including phenoxy) is 2. The van der Waals surface area contributed by atoms with Crippen molar-refractivity contribution < 1.29 is 29.3 Å². The molecule has 4 aliphatic carbocycles. The monoisotopic (exact) mass is 416 g/mol. The van der Waals surface area contributed by atoms with E-state index in [0.717, 1.165) is 24.8 Å². The smallest absolute Gasteiger partial charge is 0.339 e. The zero-order valence-corrected chi connectivity index (χ0v) is 18.0. The van der Waals surface area contributed by atoms with E-state index in [-0.39, 0.29) is 29.0 Å². The molecule has 0 bridgehead atoms. The minimum absolute atomic E-state index is 0.0139. The number of aliphatic carboxylic acids is 1. The first kappa shape index (κ1) is 20.4. The Kier molecular flexibility index (Phi) is 4.42. The second kappa shape index (κ2) is 6.50. The van der Waals surface area contributed by atoms with Gasteiger partial charge in [0.1, 0.15) is 6.10 Å². The summed E-state index contributed by atoms with van der Waals surface area (Å²) in [6, 6.07) is 0. The Morgan fingerprint density at radius 2 is 2.10 bits per heavy atom. The van der Waals surface area contributed by atoms with Gasteiger partial charge in [-0.05, 0) is 56.1 Å². The van der Waals surface area contributed by atoms with Crippen molar-refractivity contribution in [2.24, 2.45) is 28.6 Å². The molecule has 1 saturated heterocycles. The van der Waals surface area contributed by atoms with Gasteiger partial charge in [0, 0.05) is 16.7 Å². The predicted octanol–water partition coefficient (Wildman–Crippen LogP) is 3.24. The molecule has 4 fully saturated rings. The van der Waals surface area contributed by atoms with Crippen LogP contribution in [0.4, 0.5) is 0 Å². The van der Waals surface area contributed by atoms with Gasteiger partial charge in [0.2, 0.25) is 0 Å². The molecule has 2 N–H and O–H groups in total. The van der Waals surface area contributed by atoms with Gasteiger partial charge in [0.15, 0.2) is 17.7 Å². The van der Waals surface area contributed by atoms with Crippen molar-refractivity contribution in [3.63, 3.8) is 0 Å². The number of aliphatic hydroxyl groups is 1. The summed E-state index contributed by atoms with van der Waals surface area (Å²) in [4.78, 5) is 24.6. The Bertz CT molecular complexity index is 847. The standard InChI is InChI=1S/C24H32O6/c1-4-5-19-29-18-11-16-15-7-6-13-10-14(25)8-9-22(13,2)20(15)17(26)12-23(16,3)24(18,30-19)21(27)28/h8-10,15-20,26H,4-7,11-12H2,1-3H3,(H,27,28)/t15?,16?,17?,18-,19-,20?,22?,23?,24+/m1/s1. The van der Waals surface area contributed by atoms with Crippen LogP contribution in [-0.4, -0.2) is 46.1 Å². The van der Waals surface area contributed by atoms with Gasteiger partial charge >= 0.3 is 5.97 Å². The van der Waals surface area contributed by atoms with Crippen molar-refractivity contribution in [1.29, 1.82) is 0 Å². The van der Waals surface area contributed by atoms with Gasteiger partial charge in [0.05, 0.1) is 6.10 Å². The summed E-state index contributed by atoms with van der Waals surface area (Å²) in [7, 11) is 0. The molecule has 1 heterocycles. The summed E-state index contributed by atoms with van der Waals surface area (Å²) < 4.78 is 12.4. The molecule has 0 aromatic carbocycles. The fraction of sp³-hybridized carbons (Fsp3) is 0.750. The summed E-state index contributed by atoms with van der Waals surface area (Å²) in [6.07, 6.45) is 7.90. The Hall–Kier alpha value is -1.50. The van der Waals surface area contributed by atoms with E-state index in [0.29, 0.717) is 19.3 Å². The van der Waals surface area contributed by atoms with Crippen molar-refractivity contribution in [3.8, 4) is 0 Å². The van der Waals surface area contributed by atoms with E-state index in [1.165, 1.54) is 0 Å². The minimum atomic E-state index is -1.40. The average Bonchev–Trinajstić information content (AvgIpc) is 3.15. The molecule has 6 heteroatoms. The quantitative estimate of drug-likeness (QED) is 0.734. The topological polar surface area (TPSA) is 93.1 Å². The predicted molar refractivity (Wildman–Crippen MR) is 108 cm³/mol. The lowest BCUT2D eigenvalue weighted by molar-refractivity contribution is -0.210. The number of aliphatic hydroxyl groups excluding tert-OH is 1. The Morgan fingerprint density at radius 3 is 2.80 bits per heavy atom. The van der Waals surface area contributed by atoms with Crippen molar-refractivity contribution in [2.45, 2.75) is 83.4 Å². The third kappa shape index (κ3) is 2.36. The van der Waals surface area contributed by atoms with Gasteiger partial charge in [-0.3, -0.25) is 4.79 Å². The van der Waals surface area contributed by atoms with Gasteiger partial charge < -0.3 is 19.7 Å². The van der Waals surface area contributed by atoms with Gasteiger partial charge in [0.25, 0.3) is 0 Å². The Labute approximate surface area is 177 Å². The normalized spacial score (nSPS) is 51.6. The lowest BCUT2D eigenvalue weighted by Crippen LogP contribution is -2.63. The Balaban J connectivity index is 1.55. The van der Waals surface area contributed by atoms with Crippen molar-refractivity contribution in [1.82, 2.24) is 0 Å². The molecule has 3 saturated carbocycles. The zero-order valence-electron chi connectivity index (χ0n) is 18.0. The van der Waals surface area contributed by atoms with E-state index in [2.05, 4.69) is 6.92 Å². The zero-order chi connectivity index (χ0) is 21.5. The van der Waals surface area contributed by atoms with Crippen LogP contribution in [0.15, 0.2) is 23.8 Å².